The van der Waals surface area contributed by atoms with Gasteiger partial charge in [0.05, 0.1) is 6.42 Å². The lowest BCUT2D eigenvalue weighted by molar-refractivity contribution is -0.141. The summed E-state index contributed by atoms with van der Waals surface area (Å²) in [5, 5.41) is 5.49. The summed E-state index contributed by atoms with van der Waals surface area (Å²) in [5.41, 5.74) is 9.35. The second-order valence-corrected chi connectivity index (χ2v) is 10.5. The van der Waals surface area contributed by atoms with Gasteiger partial charge in [0.1, 0.15) is 17.7 Å². The summed E-state index contributed by atoms with van der Waals surface area (Å²) in [7, 11) is 0. The number of benzene rings is 2. The van der Waals surface area contributed by atoms with Gasteiger partial charge in [-0.3, -0.25) is 14.4 Å². The number of amides is 4. The van der Waals surface area contributed by atoms with Crippen LogP contribution in [0.5, 0.6) is 0 Å². The fraction of sp³-hybridized carbons (Fsp3) is 0.448. The lowest BCUT2D eigenvalue weighted by Gasteiger charge is -2.35. The van der Waals surface area contributed by atoms with E-state index >= 15 is 0 Å². The predicted molar refractivity (Wildman–Crippen MR) is 148 cm³/mol. The third kappa shape index (κ3) is 7.81. The molecule has 0 aliphatic rings. The number of para-hydroxylation sites is 1. The first-order valence-electron chi connectivity index (χ1n) is 12.7. The van der Waals surface area contributed by atoms with Crippen molar-refractivity contribution < 1.29 is 23.9 Å². The van der Waals surface area contributed by atoms with Gasteiger partial charge in [-0.25, -0.2) is 4.79 Å². The molecule has 0 aliphatic carbocycles. The zero-order chi connectivity index (χ0) is 28.8. The van der Waals surface area contributed by atoms with Crippen LogP contribution in [0.25, 0.3) is 0 Å². The maximum absolute atomic E-state index is 14.0. The summed E-state index contributed by atoms with van der Waals surface area (Å²) in [5.74, 6) is -1.81. The average Bonchev–Trinajstić information content (AvgIpc) is 2.78. The van der Waals surface area contributed by atoms with E-state index in [1.54, 1.807) is 27.7 Å². The Balaban J connectivity index is 2.58. The number of primary amides is 1. The van der Waals surface area contributed by atoms with Crippen molar-refractivity contribution in [2.24, 2.45) is 5.73 Å². The van der Waals surface area contributed by atoms with E-state index in [-0.39, 0.29) is 6.54 Å². The van der Waals surface area contributed by atoms with E-state index in [1.807, 2.05) is 64.1 Å². The third-order valence-electron chi connectivity index (χ3n) is 6.12. The number of hydrogen-bond acceptors (Lipinski definition) is 5. The smallest absolute Gasteiger partial charge is 0.408 e. The highest BCUT2D eigenvalue weighted by Gasteiger charge is 2.37. The molecular formula is C29H40N4O5. The standard InChI is InChI=1S/C29H40N4O5/c1-9-33(27(36)21(16-22(30)34)31-28(37)38-29(6,7)8)25(23-17(2)12-10-13-18(23)3)26(35)32-24-19(4)14-11-15-20(24)5/h10-15,21,25H,9,16H2,1-8H3,(H2,30,34)(H,31,37)(H,32,35). The average molecular weight is 525 g/mol. The summed E-state index contributed by atoms with van der Waals surface area (Å²) in [6, 6.07) is 8.97. The second-order valence-electron chi connectivity index (χ2n) is 10.5. The molecule has 2 unspecified atom stereocenters. The van der Waals surface area contributed by atoms with Crippen LogP contribution < -0.4 is 16.4 Å². The first-order valence-corrected chi connectivity index (χ1v) is 12.7. The monoisotopic (exact) mass is 524 g/mol. The summed E-state index contributed by atoms with van der Waals surface area (Å²) < 4.78 is 5.30. The van der Waals surface area contributed by atoms with E-state index in [2.05, 4.69) is 10.6 Å². The molecule has 0 fully saturated rings. The molecule has 38 heavy (non-hydrogen) atoms. The first-order chi connectivity index (χ1) is 17.7. The number of aryl methyl sites for hydroxylation is 4. The molecule has 0 spiro atoms. The Morgan fingerprint density at radius 1 is 0.921 bits per heavy atom. The first kappa shape index (κ1) is 30.3. The number of rotatable bonds is 9. The summed E-state index contributed by atoms with van der Waals surface area (Å²) in [6.45, 7) is 14.5. The number of ether oxygens (including phenoxy) is 1. The van der Waals surface area contributed by atoms with Gasteiger partial charge in [-0.15, -0.1) is 0 Å². The number of alkyl carbamates (subject to hydrolysis) is 1. The number of nitrogens with zero attached hydrogens (tertiary/aromatic N) is 1. The van der Waals surface area contributed by atoms with Crippen LogP contribution in [0.3, 0.4) is 0 Å². The van der Waals surface area contributed by atoms with Crippen molar-refractivity contribution in [3.8, 4) is 0 Å². The predicted octanol–water partition coefficient (Wildman–Crippen LogP) is 4.22. The Kier molecular flexibility index (Phi) is 10.0. The SMILES string of the molecule is CCN(C(=O)C(CC(N)=O)NC(=O)OC(C)(C)C)C(C(=O)Nc1c(C)cccc1C)c1c(C)cccc1C. The lowest BCUT2D eigenvalue weighted by Crippen LogP contribution is -2.53. The zero-order valence-corrected chi connectivity index (χ0v) is 23.6. The maximum Gasteiger partial charge on any atom is 0.408 e. The normalized spacial score (nSPS) is 12.7. The molecule has 0 bridgehead atoms. The Morgan fingerprint density at radius 3 is 1.87 bits per heavy atom. The quantitative estimate of drug-likeness (QED) is 0.452. The van der Waals surface area contributed by atoms with Crippen LogP contribution in [0.2, 0.25) is 0 Å². The van der Waals surface area contributed by atoms with Crippen LogP contribution >= 0.6 is 0 Å². The van der Waals surface area contributed by atoms with E-state index < -0.39 is 47.9 Å². The number of nitrogens with two attached hydrogens (primary N) is 1. The highest BCUT2D eigenvalue weighted by Crippen LogP contribution is 2.31. The number of carbonyl (C=O) groups excluding carboxylic acids is 4. The van der Waals surface area contributed by atoms with Crippen LogP contribution in [-0.2, 0) is 19.1 Å². The summed E-state index contributed by atoms with van der Waals surface area (Å²) in [6.07, 6.45) is -1.32. The molecule has 0 radical (unpaired) electrons. The van der Waals surface area contributed by atoms with Gasteiger partial charge in [-0.2, -0.15) is 0 Å². The van der Waals surface area contributed by atoms with Gasteiger partial charge < -0.3 is 26.0 Å². The second kappa shape index (κ2) is 12.6. The van der Waals surface area contributed by atoms with Crippen molar-refractivity contribution >= 4 is 29.5 Å². The minimum atomic E-state index is -1.32. The molecule has 206 valence electrons. The Labute approximate surface area is 225 Å². The van der Waals surface area contributed by atoms with Gasteiger partial charge in [0, 0.05) is 12.2 Å². The van der Waals surface area contributed by atoms with Gasteiger partial charge in [0.25, 0.3) is 5.91 Å². The van der Waals surface area contributed by atoms with Crippen molar-refractivity contribution in [3.05, 3.63) is 64.2 Å². The number of likely N-dealkylation sites (N-methyl/N-ethyl adjacent to an activating group) is 1. The van der Waals surface area contributed by atoms with Crippen molar-refractivity contribution in [1.29, 1.82) is 0 Å². The van der Waals surface area contributed by atoms with Crippen LogP contribution in [0, 0.1) is 27.7 Å². The highest BCUT2D eigenvalue weighted by atomic mass is 16.6. The fourth-order valence-electron chi connectivity index (χ4n) is 4.41. The minimum Gasteiger partial charge on any atom is -0.444 e. The molecule has 0 aliphatic heterocycles. The van der Waals surface area contributed by atoms with Crippen molar-refractivity contribution in [3.63, 3.8) is 0 Å². The number of carbonyl (C=O) groups is 4. The molecular weight excluding hydrogens is 484 g/mol. The molecule has 2 atom stereocenters. The zero-order valence-electron chi connectivity index (χ0n) is 23.6. The van der Waals surface area contributed by atoms with Gasteiger partial charge in [-0.05, 0) is 83.2 Å². The molecule has 0 saturated heterocycles. The molecule has 0 aromatic heterocycles. The fourth-order valence-corrected chi connectivity index (χ4v) is 4.41. The lowest BCUT2D eigenvalue weighted by atomic mass is 9.93. The van der Waals surface area contributed by atoms with Crippen molar-refractivity contribution in [2.75, 3.05) is 11.9 Å². The van der Waals surface area contributed by atoms with E-state index in [0.717, 1.165) is 22.3 Å². The van der Waals surface area contributed by atoms with Gasteiger partial charge in [0.15, 0.2) is 0 Å². The van der Waals surface area contributed by atoms with Gasteiger partial charge in [-0.1, -0.05) is 36.4 Å². The Bertz CT molecular complexity index is 1160. The molecule has 2 aromatic rings. The molecule has 0 heterocycles. The van der Waals surface area contributed by atoms with E-state index in [0.29, 0.717) is 11.3 Å². The van der Waals surface area contributed by atoms with Gasteiger partial charge in [0.2, 0.25) is 11.8 Å². The van der Waals surface area contributed by atoms with E-state index in [1.165, 1.54) is 4.90 Å². The topological polar surface area (TPSA) is 131 Å². The summed E-state index contributed by atoms with van der Waals surface area (Å²) in [4.78, 5) is 53.6. The Hall–Kier alpha value is -3.88. The maximum atomic E-state index is 14.0. The largest absolute Gasteiger partial charge is 0.444 e. The molecule has 4 N–H and O–H groups in total. The molecule has 2 aromatic carbocycles. The third-order valence-corrected chi connectivity index (χ3v) is 6.12. The molecule has 2 rings (SSSR count). The van der Waals surface area contributed by atoms with Crippen molar-refractivity contribution in [2.45, 2.75) is 79.5 Å². The molecule has 0 saturated carbocycles. The molecule has 4 amide bonds. The number of nitrogens with one attached hydrogen (secondary N) is 2. The molecule has 9 nitrogen and oxygen atoms in total. The minimum absolute atomic E-state index is 0.128. The molecule has 9 heteroatoms. The van der Waals surface area contributed by atoms with Gasteiger partial charge >= 0.3 is 6.09 Å². The van der Waals surface area contributed by atoms with Crippen LogP contribution in [-0.4, -0.2) is 46.9 Å². The van der Waals surface area contributed by atoms with E-state index in [9.17, 15) is 19.2 Å². The number of hydrogen-bond donors (Lipinski definition) is 3. The van der Waals surface area contributed by atoms with Crippen molar-refractivity contribution in [1.82, 2.24) is 10.2 Å². The Morgan fingerprint density at radius 2 is 1.42 bits per heavy atom. The number of anilines is 1. The highest BCUT2D eigenvalue weighted by molar-refractivity contribution is 6.00. The van der Waals surface area contributed by atoms with Crippen LogP contribution in [0.4, 0.5) is 10.5 Å². The summed E-state index contributed by atoms with van der Waals surface area (Å²) >= 11 is 0. The van der Waals surface area contributed by atoms with Crippen LogP contribution in [0.15, 0.2) is 36.4 Å². The van der Waals surface area contributed by atoms with E-state index in [4.69, 9.17) is 10.5 Å². The van der Waals surface area contributed by atoms with Crippen LogP contribution in [0.1, 0.15) is 68.0 Å².